The number of nitrogens with zero attached hydrogens (tertiary/aromatic N) is 1. The molecule has 0 bridgehead atoms. The maximum Gasteiger partial charge on any atom is 0.0937 e. The molecule has 0 amide bonds. The maximum absolute atomic E-state index is 11.1. The van der Waals surface area contributed by atoms with Gasteiger partial charge in [0.15, 0.2) is 0 Å². The molecule has 114 valence electrons. The van der Waals surface area contributed by atoms with Crippen LogP contribution in [0.15, 0.2) is 4.99 Å². The molecule has 0 saturated heterocycles. The molecule has 0 aliphatic carbocycles. The summed E-state index contributed by atoms with van der Waals surface area (Å²) in [5.74, 6) is 1.91. The third-order valence-electron chi connectivity index (χ3n) is 2.47. The third-order valence-corrected chi connectivity index (χ3v) is 4.14. The van der Waals surface area contributed by atoms with Gasteiger partial charge in [-0.1, -0.05) is 24.6 Å². The lowest BCUT2D eigenvalue weighted by Crippen LogP contribution is -2.12. The zero-order valence-electron chi connectivity index (χ0n) is 12.0. The quantitative estimate of drug-likeness (QED) is 0.258. The highest BCUT2D eigenvalue weighted by atomic mass is 32.5. The number of nitrogens with two attached hydrogens (primary N) is 1. The summed E-state index contributed by atoms with van der Waals surface area (Å²) >= 11 is 6.51. The van der Waals surface area contributed by atoms with E-state index in [4.69, 9.17) is 10.3 Å². The van der Waals surface area contributed by atoms with Gasteiger partial charge in [-0.25, -0.2) is 0 Å². The Kier molecular flexibility index (Phi) is 12.4. The minimum Gasteiger partial charge on any atom is -0.801 e. The molecular weight excluding hydrogens is 299 g/mol. The van der Waals surface area contributed by atoms with E-state index in [1.54, 1.807) is 0 Å². The van der Waals surface area contributed by atoms with Gasteiger partial charge in [0.05, 0.1) is 12.4 Å². The van der Waals surface area contributed by atoms with Crippen LogP contribution in [0.4, 0.5) is 0 Å². The molecule has 19 heavy (non-hydrogen) atoms. The summed E-state index contributed by atoms with van der Waals surface area (Å²) in [6, 6.07) is 0. The second kappa shape index (κ2) is 12.2. The van der Waals surface area contributed by atoms with Crippen LogP contribution in [-0.4, -0.2) is 37.7 Å². The molecule has 0 aliphatic rings. The van der Waals surface area contributed by atoms with Crippen molar-refractivity contribution in [3.63, 3.8) is 0 Å². The summed E-state index contributed by atoms with van der Waals surface area (Å²) < 4.78 is 5.05. The molecule has 1 unspecified atom stereocenters. The fourth-order valence-electron chi connectivity index (χ4n) is 1.50. The van der Waals surface area contributed by atoms with Crippen LogP contribution >= 0.6 is 18.3 Å². The van der Waals surface area contributed by atoms with Crippen LogP contribution < -0.4 is 10.6 Å². The van der Waals surface area contributed by atoms with Crippen molar-refractivity contribution in [2.24, 2.45) is 10.7 Å². The molecule has 0 radical (unpaired) electrons. The van der Waals surface area contributed by atoms with Gasteiger partial charge in [-0.2, -0.15) is 11.8 Å². The molecule has 0 aliphatic heterocycles. The van der Waals surface area contributed by atoms with Crippen molar-refractivity contribution < 1.29 is 9.42 Å². The number of hydrogen-bond acceptors (Lipinski definition) is 5. The fourth-order valence-corrected chi connectivity index (χ4v) is 2.61. The highest BCUT2D eigenvalue weighted by Gasteiger charge is 1.95. The molecule has 0 aromatic rings. The van der Waals surface area contributed by atoms with Gasteiger partial charge in [-0.3, -0.25) is 4.99 Å². The number of hydrogen-bond donors (Lipinski definition) is 1. The second-order valence-electron chi connectivity index (χ2n) is 4.49. The Balaban J connectivity index is 3.34. The van der Waals surface area contributed by atoms with Gasteiger partial charge in [-0.05, 0) is 44.4 Å². The number of amidine groups is 1. The second-order valence-corrected chi connectivity index (χ2v) is 9.26. The summed E-state index contributed by atoms with van der Waals surface area (Å²) in [4.78, 5) is 15.4. The van der Waals surface area contributed by atoms with Gasteiger partial charge in [0.1, 0.15) is 0 Å². The predicted molar refractivity (Wildman–Crippen MR) is 88.7 cm³/mol. The first kappa shape index (κ1) is 19.4. The number of thioether (sulfide) groups is 1. The van der Waals surface area contributed by atoms with Gasteiger partial charge < -0.3 is 15.2 Å². The van der Waals surface area contributed by atoms with Gasteiger partial charge in [0, 0.05) is 13.0 Å². The average molecular weight is 325 g/mol. The number of rotatable bonds is 12. The molecule has 0 heterocycles. The minimum absolute atomic E-state index is 0.497. The summed E-state index contributed by atoms with van der Waals surface area (Å²) in [5, 5.41) is 0. The summed E-state index contributed by atoms with van der Waals surface area (Å²) in [6.45, 7) is 0.0608. The van der Waals surface area contributed by atoms with Crippen LogP contribution in [0.5, 0.6) is 0 Å². The van der Waals surface area contributed by atoms with E-state index in [0.29, 0.717) is 6.61 Å². The normalized spacial score (nSPS) is 15.4. The number of unbranched alkanes of at least 4 members (excludes halogenated alkanes) is 3. The van der Waals surface area contributed by atoms with E-state index >= 15 is 0 Å². The standard InChI is InChI=1S/C12H27N2O2PS2/c1-17(15,18)16-10-6-4-3-5-9-14-12(13)8-7-11-19-2/h3-11H2,1-2H3,(H2,13,14)(H,15,18)/p-1. The summed E-state index contributed by atoms with van der Waals surface area (Å²) in [5.41, 5.74) is 5.80. The predicted octanol–water partition coefficient (Wildman–Crippen LogP) is 2.36. The molecule has 0 aromatic carbocycles. The van der Waals surface area contributed by atoms with Crippen LogP contribution in [0.1, 0.15) is 38.5 Å². The van der Waals surface area contributed by atoms with E-state index in [1.807, 2.05) is 11.8 Å². The zero-order valence-corrected chi connectivity index (χ0v) is 14.5. The highest BCUT2D eigenvalue weighted by molar-refractivity contribution is 8.08. The topological polar surface area (TPSA) is 70.7 Å². The molecule has 1 atom stereocenters. The van der Waals surface area contributed by atoms with E-state index in [2.05, 4.69) is 23.1 Å². The third kappa shape index (κ3) is 16.3. The average Bonchev–Trinajstić information content (AvgIpc) is 2.31. The van der Waals surface area contributed by atoms with Crippen LogP contribution in [-0.2, 0) is 16.3 Å². The van der Waals surface area contributed by atoms with Crippen molar-refractivity contribution in [1.29, 1.82) is 0 Å². The van der Waals surface area contributed by atoms with Crippen molar-refractivity contribution in [1.82, 2.24) is 0 Å². The summed E-state index contributed by atoms with van der Waals surface area (Å²) in [7, 11) is 0. The summed E-state index contributed by atoms with van der Waals surface area (Å²) in [6.07, 6.45) is 8.20. The molecule has 0 fully saturated rings. The van der Waals surface area contributed by atoms with Crippen molar-refractivity contribution in [2.45, 2.75) is 38.5 Å². The van der Waals surface area contributed by atoms with Gasteiger partial charge in [0.25, 0.3) is 0 Å². The monoisotopic (exact) mass is 325 g/mol. The van der Waals surface area contributed by atoms with E-state index in [1.165, 1.54) is 6.66 Å². The molecule has 0 aromatic heterocycles. The van der Waals surface area contributed by atoms with Gasteiger partial charge >= 0.3 is 0 Å². The Morgan fingerprint density at radius 2 is 2.00 bits per heavy atom. The molecule has 0 rings (SSSR count). The molecule has 2 N–H and O–H groups in total. The molecular formula is C12H26N2O2PS2-. The molecule has 0 saturated carbocycles. The van der Waals surface area contributed by atoms with Crippen molar-refractivity contribution in [2.75, 3.05) is 31.8 Å². The van der Waals surface area contributed by atoms with Crippen LogP contribution in [0, 0.1) is 0 Å². The maximum atomic E-state index is 11.1. The molecule has 7 heteroatoms. The minimum atomic E-state index is -2.71. The Morgan fingerprint density at radius 3 is 2.63 bits per heavy atom. The van der Waals surface area contributed by atoms with Crippen LogP contribution in [0.3, 0.4) is 0 Å². The van der Waals surface area contributed by atoms with Gasteiger partial charge in [0.2, 0.25) is 0 Å². The highest BCUT2D eigenvalue weighted by Crippen LogP contribution is 2.31. The first-order chi connectivity index (χ1) is 8.95. The smallest absolute Gasteiger partial charge is 0.0937 e. The van der Waals surface area contributed by atoms with E-state index in [0.717, 1.165) is 56.7 Å². The molecule has 4 nitrogen and oxygen atoms in total. The Labute approximate surface area is 126 Å². The Bertz CT molecular complexity index is 295. The molecule has 0 spiro atoms. The first-order valence-electron chi connectivity index (χ1n) is 6.66. The Morgan fingerprint density at radius 1 is 1.32 bits per heavy atom. The van der Waals surface area contributed by atoms with E-state index in [-0.39, 0.29) is 0 Å². The first-order valence-corrected chi connectivity index (χ1v) is 11.1. The zero-order chi connectivity index (χ0) is 14.6. The van der Waals surface area contributed by atoms with Crippen molar-refractivity contribution >= 4 is 35.9 Å². The van der Waals surface area contributed by atoms with Crippen LogP contribution in [0.25, 0.3) is 0 Å². The lowest BCUT2D eigenvalue weighted by atomic mass is 10.2. The SMILES string of the molecule is CSCCCC(N)=NCCCCCCOP(C)([O-])=S. The fraction of sp³-hybridized carbons (Fsp3) is 0.917. The van der Waals surface area contributed by atoms with Gasteiger partial charge in [-0.15, -0.1) is 0 Å². The van der Waals surface area contributed by atoms with Crippen molar-refractivity contribution in [3.05, 3.63) is 0 Å². The lowest BCUT2D eigenvalue weighted by Gasteiger charge is -2.22. The van der Waals surface area contributed by atoms with E-state index in [9.17, 15) is 4.89 Å². The van der Waals surface area contributed by atoms with Crippen molar-refractivity contribution in [3.8, 4) is 0 Å². The Hall–Kier alpha value is 0.390. The van der Waals surface area contributed by atoms with Crippen LogP contribution in [0.2, 0.25) is 0 Å². The largest absolute Gasteiger partial charge is 0.801 e. The number of aliphatic imine (C=N–C) groups is 1. The van der Waals surface area contributed by atoms with E-state index < -0.39 is 6.49 Å². The lowest BCUT2D eigenvalue weighted by molar-refractivity contribution is -0.180.